The number of hydrogen-bond donors (Lipinski definition) is 0. The van der Waals surface area contributed by atoms with Crippen LogP contribution in [0.3, 0.4) is 0 Å². The molecule has 0 radical (unpaired) electrons. The first-order valence-electron chi connectivity index (χ1n) is 10.3. The van der Waals surface area contributed by atoms with E-state index in [4.69, 9.17) is 28.7 Å². The number of aliphatic imine (C=N–C) groups is 1. The number of rotatable bonds is 6. The summed E-state index contributed by atoms with van der Waals surface area (Å²) in [7, 11) is 8.20. The molecule has 160 valence electrons. The standard InChI is InChI=1S/C24H29NO5/c1-26-19-12-16-15-8-6-7-9-18(15)25-23(17(16)13-20(19)27-2)14-10-21(28-3)24(30-5)22(11-14)29-4/h10-13,15,18H,6-9H2,1-5H3/t15-,18-/m0/s1. The van der Waals surface area contributed by atoms with Crippen LogP contribution in [0.1, 0.15) is 48.3 Å². The quantitative estimate of drug-likeness (QED) is 0.695. The zero-order chi connectivity index (χ0) is 21.3. The number of benzene rings is 2. The van der Waals surface area contributed by atoms with Crippen LogP contribution in [0.15, 0.2) is 29.3 Å². The van der Waals surface area contributed by atoms with Gasteiger partial charge in [-0.05, 0) is 42.7 Å². The van der Waals surface area contributed by atoms with Crippen LogP contribution < -0.4 is 23.7 Å². The Hall–Kier alpha value is -2.89. The van der Waals surface area contributed by atoms with Gasteiger partial charge in [0.1, 0.15) is 0 Å². The highest BCUT2D eigenvalue weighted by atomic mass is 16.5. The predicted octanol–water partition coefficient (Wildman–Crippen LogP) is 4.61. The molecule has 0 saturated heterocycles. The summed E-state index contributed by atoms with van der Waals surface area (Å²) in [5.41, 5.74) is 4.21. The van der Waals surface area contributed by atoms with Crippen molar-refractivity contribution >= 4 is 5.71 Å². The molecule has 0 bridgehead atoms. The van der Waals surface area contributed by atoms with E-state index in [1.165, 1.54) is 18.4 Å². The van der Waals surface area contributed by atoms with Gasteiger partial charge in [0.15, 0.2) is 23.0 Å². The topological polar surface area (TPSA) is 58.5 Å². The number of nitrogens with zero attached hydrogens (tertiary/aromatic N) is 1. The molecule has 30 heavy (non-hydrogen) atoms. The summed E-state index contributed by atoms with van der Waals surface area (Å²) in [6.45, 7) is 0. The van der Waals surface area contributed by atoms with Crippen molar-refractivity contribution in [3.63, 3.8) is 0 Å². The molecule has 2 atom stereocenters. The zero-order valence-corrected chi connectivity index (χ0v) is 18.3. The van der Waals surface area contributed by atoms with Gasteiger partial charge >= 0.3 is 0 Å². The minimum absolute atomic E-state index is 0.262. The van der Waals surface area contributed by atoms with Gasteiger partial charge in [-0.3, -0.25) is 4.99 Å². The molecule has 2 aliphatic rings. The monoisotopic (exact) mass is 411 g/mol. The lowest BCUT2D eigenvalue weighted by Crippen LogP contribution is -2.29. The van der Waals surface area contributed by atoms with Crippen molar-refractivity contribution in [2.24, 2.45) is 4.99 Å². The highest BCUT2D eigenvalue weighted by Gasteiger charge is 2.35. The predicted molar refractivity (Wildman–Crippen MR) is 116 cm³/mol. The summed E-state index contributed by atoms with van der Waals surface area (Å²) in [6, 6.07) is 8.36. The highest BCUT2D eigenvalue weighted by molar-refractivity contribution is 6.15. The zero-order valence-electron chi connectivity index (χ0n) is 18.3. The van der Waals surface area contributed by atoms with E-state index in [9.17, 15) is 0 Å². The van der Waals surface area contributed by atoms with Gasteiger partial charge in [0, 0.05) is 17.0 Å². The molecular weight excluding hydrogens is 382 g/mol. The Morgan fingerprint density at radius 3 is 1.90 bits per heavy atom. The smallest absolute Gasteiger partial charge is 0.203 e. The summed E-state index contributed by atoms with van der Waals surface area (Å²) in [5.74, 6) is 3.66. The fourth-order valence-electron chi connectivity index (χ4n) is 4.72. The average molecular weight is 411 g/mol. The molecule has 6 nitrogen and oxygen atoms in total. The maximum atomic E-state index is 5.60. The van der Waals surface area contributed by atoms with E-state index in [0.29, 0.717) is 28.9 Å². The van der Waals surface area contributed by atoms with Crippen LogP contribution in [0.4, 0.5) is 0 Å². The van der Waals surface area contributed by atoms with Crippen LogP contribution >= 0.6 is 0 Å². The summed E-state index contributed by atoms with van der Waals surface area (Å²) < 4.78 is 27.9. The Kier molecular flexibility index (Phi) is 5.75. The number of hydrogen-bond acceptors (Lipinski definition) is 6. The maximum absolute atomic E-state index is 5.60. The van der Waals surface area contributed by atoms with E-state index in [2.05, 4.69) is 6.07 Å². The lowest BCUT2D eigenvalue weighted by atomic mass is 9.75. The SMILES string of the molecule is COc1cc2c(cc1OC)[C@@H]1CCCC[C@@H]1N=C2c1cc(OC)c(OC)c(OC)c1. The van der Waals surface area contributed by atoms with Crippen molar-refractivity contribution in [1.29, 1.82) is 0 Å². The number of methoxy groups -OCH3 is 5. The van der Waals surface area contributed by atoms with Gasteiger partial charge in [-0.1, -0.05) is 12.8 Å². The number of fused-ring (bicyclic) bond motifs is 3. The van der Waals surface area contributed by atoms with Crippen LogP contribution in [-0.2, 0) is 0 Å². The molecule has 0 N–H and O–H groups in total. The third-order valence-electron chi connectivity index (χ3n) is 6.17. The van der Waals surface area contributed by atoms with Crippen LogP contribution in [-0.4, -0.2) is 47.3 Å². The second-order valence-corrected chi connectivity index (χ2v) is 7.64. The minimum atomic E-state index is 0.262. The normalized spacial score (nSPS) is 19.8. The van der Waals surface area contributed by atoms with Gasteiger partial charge in [0.05, 0.1) is 47.3 Å². The molecule has 2 aromatic carbocycles. The van der Waals surface area contributed by atoms with Gasteiger partial charge in [-0.15, -0.1) is 0 Å². The van der Waals surface area contributed by atoms with Gasteiger partial charge in [-0.25, -0.2) is 0 Å². The van der Waals surface area contributed by atoms with Gasteiger partial charge < -0.3 is 23.7 Å². The Bertz CT molecular complexity index is 943. The molecule has 1 aliphatic heterocycles. The minimum Gasteiger partial charge on any atom is -0.493 e. The molecule has 0 amide bonds. The molecule has 1 fully saturated rings. The Morgan fingerprint density at radius 2 is 1.30 bits per heavy atom. The van der Waals surface area contributed by atoms with Crippen LogP contribution in [0.25, 0.3) is 0 Å². The molecule has 1 aliphatic carbocycles. The fourth-order valence-corrected chi connectivity index (χ4v) is 4.72. The first-order valence-corrected chi connectivity index (χ1v) is 10.3. The maximum Gasteiger partial charge on any atom is 0.203 e. The second kappa shape index (κ2) is 8.46. The van der Waals surface area contributed by atoms with Crippen molar-refractivity contribution in [2.45, 2.75) is 37.6 Å². The fraction of sp³-hybridized carbons (Fsp3) is 0.458. The van der Waals surface area contributed by atoms with E-state index < -0.39 is 0 Å². The summed E-state index contributed by atoms with van der Waals surface area (Å²) in [4.78, 5) is 5.22. The summed E-state index contributed by atoms with van der Waals surface area (Å²) in [5, 5.41) is 0. The highest BCUT2D eigenvalue weighted by Crippen LogP contribution is 2.46. The molecule has 6 heteroatoms. The molecule has 4 rings (SSSR count). The van der Waals surface area contributed by atoms with E-state index in [1.54, 1.807) is 35.5 Å². The summed E-state index contributed by atoms with van der Waals surface area (Å²) in [6.07, 6.45) is 4.66. The van der Waals surface area contributed by atoms with Crippen molar-refractivity contribution < 1.29 is 23.7 Å². The third-order valence-corrected chi connectivity index (χ3v) is 6.17. The van der Waals surface area contributed by atoms with E-state index in [0.717, 1.165) is 35.4 Å². The first-order chi connectivity index (χ1) is 14.6. The van der Waals surface area contributed by atoms with Crippen molar-refractivity contribution in [3.8, 4) is 28.7 Å². The Labute approximate surface area is 177 Å². The molecule has 0 aromatic heterocycles. The summed E-state index contributed by atoms with van der Waals surface area (Å²) >= 11 is 0. The Balaban J connectivity index is 1.93. The van der Waals surface area contributed by atoms with E-state index in [1.807, 2.05) is 18.2 Å². The van der Waals surface area contributed by atoms with E-state index >= 15 is 0 Å². The van der Waals surface area contributed by atoms with Gasteiger partial charge in [-0.2, -0.15) is 0 Å². The third kappa shape index (κ3) is 3.34. The Morgan fingerprint density at radius 1 is 0.700 bits per heavy atom. The molecule has 2 aromatic rings. The van der Waals surface area contributed by atoms with Crippen LogP contribution in [0.2, 0.25) is 0 Å². The molecule has 1 saturated carbocycles. The molecule has 0 spiro atoms. The average Bonchev–Trinajstić information content (AvgIpc) is 2.81. The lowest BCUT2D eigenvalue weighted by molar-refractivity contribution is 0.324. The van der Waals surface area contributed by atoms with E-state index in [-0.39, 0.29) is 6.04 Å². The van der Waals surface area contributed by atoms with Crippen molar-refractivity contribution in [1.82, 2.24) is 0 Å². The van der Waals surface area contributed by atoms with Crippen LogP contribution in [0, 0.1) is 0 Å². The largest absolute Gasteiger partial charge is 0.493 e. The molecule has 0 unspecified atom stereocenters. The second-order valence-electron chi connectivity index (χ2n) is 7.64. The molecular formula is C24H29NO5. The van der Waals surface area contributed by atoms with Crippen molar-refractivity contribution in [2.75, 3.05) is 35.5 Å². The van der Waals surface area contributed by atoms with Gasteiger partial charge in [0.2, 0.25) is 5.75 Å². The molecule has 1 heterocycles. The van der Waals surface area contributed by atoms with Crippen LogP contribution in [0.5, 0.6) is 28.7 Å². The first kappa shape index (κ1) is 20.4. The van der Waals surface area contributed by atoms with Crippen molar-refractivity contribution in [3.05, 3.63) is 41.0 Å². The number of ether oxygens (including phenoxy) is 5. The lowest BCUT2D eigenvalue weighted by Gasteiger charge is -2.36. The van der Waals surface area contributed by atoms with Gasteiger partial charge in [0.25, 0.3) is 0 Å².